The molecule has 0 bridgehead atoms. The van der Waals surface area contributed by atoms with E-state index >= 15 is 0 Å². The number of hydrogen-bond donors (Lipinski definition) is 0. The van der Waals surface area contributed by atoms with Gasteiger partial charge in [0, 0.05) is 12.3 Å². The van der Waals surface area contributed by atoms with Gasteiger partial charge in [0.2, 0.25) is 0 Å². The highest BCUT2D eigenvalue weighted by atomic mass is 32.2. The molecule has 2 rings (SSSR count). The van der Waals surface area contributed by atoms with Crippen LogP contribution in [0.4, 0.5) is 0 Å². The largest absolute Gasteiger partial charge is 0.493 e. The first-order valence-corrected chi connectivity index (χ1v) is 11.3. The molecule has 0 radical (unpaired) electrons. The van der Waals surface area contributed by atoms with E-state index in [-0.39, 0.29) is 11.9 Å². The molecule has 0 spiro atoms. The standard InChI is InChI=1S/C20H23NO5S3/c1-4-8-21-19(23)17(29-20(21)27)12-14-6-7-15(16(11-14)24-3)26-9-10-28-13-18(22)25-5-2/h4,6-7,11-12H,1,5,8-10,13H2,2-3H3. The number of hydrogen-bond acceptors (Lipinski definition) is 8. The molecule has 0 aromatic heterocycles. The van der Waals surface area contributed by atoms with Crippen molar-refractivity contribution in [2.45, 2.75) is 6.92 Å². The molecule has 1 aliphatic rings. The molecule has 0 N–H and O–H groups in total. The molecule has 0 saturated carbocycles. The molecule has 0 unspecified atom stereocenters. The van der Waals surface area contributed by atoms with Gasteiger partial charge in [0.1, 0.15) is 4.32 Å². The fourth-order valence-electron chi connectivity index (χ4n) is 2.40. The fourth-order valence-corrected chi connectivity index (χ4v) is 4.27. The van der Waals surface area contributed by atoms with Gasteiger partial charge in [-0.2, -0.15) is 0 Å². The predicted octanol–water partition coefficient (Wildman–Crippen LogP) is 3.76. The molecular formula is C20H23NO5S3. The Bertz CT molecular complexity index is 809. The molecule has 156 valence electrons. The van der Waals surface area contributed by atoms with Gasteiger partial charge in [-0.05, 0) is 30.7 Å². The van der Waals surface area contributed by atoms with E-state index in [1.54, 1.807) is 38.3 Å². The molecule has 0 aliphatic carbocycles. The summed E-state index contributed by atoms with van der Waals surface area (Å²) in [7, 11) is 1.56. The van der Waals surface area contributed by atoms with E-state index in [0.717, 1.165) is 5.56 Å². The lowest BCUT2D eigenvalue weighted by Crippen LogP contribution is -2.27. The van der Waals surface area contributed by atoms with Gasteiger partial charge >= 0.3 is 5.97 Å². The van der Waals surface area contributed by atoms with Crippen LogP contribution in [-0.4, -0.2) is 59.5 Å². The summed E-state index contributed by atoms with van der Waals surface area (Å²) in [4.78, 5) is 25.8. The van der Waals surface area contributed by atoms with Crippen LogP contribution in [0.5, 0.6) is 11.5 Å². The monoisotopic (exact) mass is 453 g/mol. The lowest BCUT2D eigenvalue weighted by molar-refractivity contribution is -0.139. The third-order valence-corrected chi connectivity index (χ3v) is 5.95. The van der Waals surface area contributed by atoms with Crippen LogP contribution in [0, 0.1) is 0 Å². The first-order chi connectivity index (χ1) is 14.0. The third-order valence-electron chi connectivity index (χ3n) is 3.68. The van der Waals surface area contributed by atoms with Gasteiger partial charge in [0.05, 0.1) is 31.0 Å². The number of esters is 1. The molecule has 29 heavy (non-hydrogen) atoms. The van der Waals surface area contributed by atoms with Gasteiger partial charge in [-0.25, -0.2) is 0 Å². The van der Waals surface area contributed by atoms with E-state index in [1.165, 1.54) is 28.4 Å². The number of benzene rings is 1. The summed E-state index contributed by atoms with van der Waals surface area (Å²) in [6, 6.07) is 5.45. The minimum atomic E-state index is -0.224. The summed E-state index contributed by atoms with van der Waals surface area (Å²) >= 11 is 7.97. The quantitative estimate of drug-likeness (QED) is 0.165. The maximum atomic E-state index is 12.4. The summed E-state index contributed by atoms with van der Waals surface area (Å²) in [5, 5.41) is 0. The molecule has 1 fully saturated rings. The van der Waals surface area contributed by atoms with E-state index in [0.29, 0.717) is 52.0 Å². The van der Waals surface area contributed by atoms with Crippen molar-refractivity contribution in [1.29, 1.82) is 0 Å². The van der Waals surface area contributed by atoms with Crippen LogP contribution in [0.2, 0.25) is 0 Å². The van der Waals surface area contributed by atoms with Crippen LogP contribution in [0.15, 0.2) is 35.8 Å². The van der Waals surface area contributed by atoms with E-state index in [9.17, 15) is 9.59 Å². The molecule has 1 saturated heterocycles. The van der Waals surface area contributed by atoms with E-state index < -0.39 is 0 Å². The number of thiocarbonyl (C=S) groups is 1. The normalized spacial score (nSPS) is 15.0. The first kappa shape index (κ1) is 23.3. The third kappa shape index (κ3) is 6.80. The van der Waals surface area contributed by atoms with Gasteiger partial charge in [0.15, 0.2) is 11.5 Å². The highest BCUT2D eigenvalue weighted by molar-refractivity contribution is 8.26. The molecule has 1 aromatic rings. The zero-order valence-corrected chi connectivity index (χ0v) is 18.8. The lowest BCUT2D eigenvalue weighted by atomic mass is 10.2. The number of thioether (sulfide) groups is 2. The van der Waals surface area contributed by atoms with Gasteiger partial charge in [0.25, 0.3) is 5.91 Å². The van der Waals surface area contributed by atoms with Crippen molar-refractivity contribution in [3.8, 4) is 11.5 Å². The van der Waals surface area contributed by atoms with Crippen LogP contribution in [0.25, 0.3) is 6.08 Å². The summed E-state index contributed by atoms with van der Waals surface area (Å²) in [5.41, 5.74) is 0.810. The minimum Gasteiger partial charge on any atom is -0.493 e. The number of nitrogens with zero attached hydrogens (tertiary/aromatic N) is 1. The SMILES string of the molecule is C=CCN1C(=O)C(=Cc2ccc(OCCSCC(=O)OCC)c(OC)c2)SC1=S. The molecular weight excluding hydrogens is 430 g/mol. The van der Waals surface area contributed by atoms with E-state index in [1.807, 2.05) is 6.07 Å². The Labute approximate surface area is 184 Å². The van der Waals surface area contributed by atoms with Crippen molar-refractivity contribution in [3.63, 3.8) is 0 Å². The summed E-state index contributed by atoms with van der Waals surface area (Å²) in [6.07, 6.45) is 3.43. The topological polar surface area (TPSA) is 65.1 Å². The van der Waals surface area contributed by atoms with Crippen molar-refractivity contribution in [1.82, 2.24) is 4.90 Å². The number of carbonyl (C=O) groups is 2. The maximum absolute atomic E-state index is 12.4. The fraction of sp³-hybridized carbons (Fsp3) is 0.350. The Morgan fingerprint density at radius 1 is 1.38 bits per heavy atom. The lowest BCUT2D eigenvalue weighted by Gasteiger charge is -2.11. The average Bonchev–Trinajstić information content (AvgIpc) is 2.96. The maximum Gasteiger partial charge on any atom is 0.315 e. The number of amides is 1. The molecule has 6 nitrogen and oxygen atoms in total. The first-order valence-electron chi connectivity index (χ1n) is 8.90. The molecule has 1 aliphatic heterocycles. The van der Waals surface area contributed by atoms with Crippen LogP contribution < -0.4 is 9.47 Å². The van der Waals surface area contributed by atoms with Crippen LogP contribution in [0.1, 0.15) is 12.5 Å². The summed E-state index contributed by atoms with van der Waals surface area (Å²) in [5.74, 6) is 1.76. The zero-order chi connectivity index (χ0) is 21.2. The van der Waals surface area contributed by atoms with Crippen molar-refractivity contribution in [2.24, 2.45) is 0 Å². The molecule has 0 atom stereocenters. The Balaban J connectivity index is 1.96. The number of ether oxygens (including phenoxy) is 3. The average molecular weight is 454 g/mol. The number of methoxy groups -OCH3 is 1. The van der Waals surface area contributed by atoms with Crippen molar-refractivity contribution in [2.75, 3.05) is 38.4 Å². The Kier molecular flexibility index (Phi) is 9.56. The minimum absolute atomic E-state index is 0.127. The van der Waals surface area contributed by atoms with Gasteiger partial charge in [-0.15, -0.1) is 18.3 Å². The molecule has 1 amide bonds. The second-order valence-corrected chi connectivity index (χ2v) is 8.48. The van der Waals surface area contributed by atoms with Crippen LogP contribution in [0.3, 0.4) is 0 Å². The highest BCUT2D eigenvalue weighted by Gasteiger charge is 2.30. The van der Waals surface area contributed by atoms with Gasteiger partial charge < -0.3 is 14.2 Å². The van der Waals surface area contributed by atoms with Crippen molar-refractivity contribution >= 4 is 58.0 Å². The second-order valence-electron chi connectivity index (χ2n) is 5.70. The van der Waals surface area contributed by atoms with E-state index in [4.69, 9.17) is 26.4 Å². The smallest absolute Gasteiger partial charge is 0.315 e. The Hall–Kier alpha value is -1.97. The Morgan fingerprint density at radius 2 is 2.17 bits per heavy atom. The summed E-state index contributed by atoms with van der Waals surface area (Å²) < 4.78 is 16.6. The van der Waals surface area contributed by atoms with Gasteiger partial charge in [-0.3, -0.25) is 14.5 Å². The number of carbonyl (C=O) groups excluding carboxylic acids is 2. The van der Waals surface area contributed by atoms with Crippen LogP contribution in [-0.2, 0) is 14.3 Å². The Morgan fingerprint density at radius 3 is 2.86 bits per heavy atom. The van der Waals surface area contributed by atoms with E-state index in [2.05, 4.69) is 6.58 Å². The van der Waals surface area contributed by atoms with Crippen molar-refractivity contribution < 1.29 is 23.8 Å². The van der Waals surface area contributed by atoms with Gasteiger partial charge in [-0.1, -0.05) is 36.1 Å². The second kappa shape index (κ2) is 11.9. The van der Waals surface area contributed by atoms with Crippen LogP contribution >= 0.6 is 35.7 Å². The predicted molar refractivity (Wildman–Crippen MR) is 123 cm³/mol. The molecule has 1 aromatic carbocycles. The number of rotatable bonds is 11. The highest BCUT2D eigenvalue weighted by Crippen LogP contribution is 2.34. The molecule has 1 heterocycles. The van der Waals surface area contributed by atoms with Crippen molar-refractivity contribution in [3.05, 3.63) is 41.3 Å². The molecule has 9 heteroatoms. The summed E-state index contributed by atoms with van der Waals surface area (Å²) in [6.45, 7) is 6.64. The zero-order valence-electron chi connectivity index (χ0n) is 16.3.